The van der Waals surface area contributed by atoms with Crippen molar-refractivity contribution in [3.8, 4) is 5.75 Å². The van der Waals surface area contributed by atoms with E-state index in [1.807, 2.05) is 24.3 Å². The second-order valence-corrected chi connectivity index (χ2v) is 8.25. The maximum absolute atomic E-state index is 13.1. The number of nitrogens with zero attached hydrogens (tertiary/aromatic N) is 2. The van der Waals surface area contributed by atoms with Crippen molar-refractivity contribution in [3.05, 3.63) is 29.8 Å². The van der Waals surface area contributed by atoms with E-state index in [-0.39, 0.29) is 6.04 Å². The van der Waals surface area contributed by atoms with Crippen LogP contribution in [0.3, 0.4) is 0 Å². The van der Waals surface area contributed by atoms with Crippen molar-refractivity contribution < 1.29 is 13.2 Å². The van der Waals surface area contributed by atoms with E-state index in [1.54, 1.807) is 15.7 Å². The van der Waals surface area contributed by atoms with Crippen LogP contribution in [0.25, 0.3) is 0 Å². The van der Waals surface area contributed by atoms with Gasteiger partial charge in [0, 0.05) is 19.6 Å². The van der Waals surface area contributed by atoms with Crippen LogP contribution in [0.4, 0.5) is 0 Å². The highest BCUT2D eigenvalue weighted by Crippen LogP contribution is 2.36. The molecule has 0 radical (unpaired) electrons. The molecule has 2 aliphatic rings. The molecule has 0 amide bonds. The van der Waals surface area contributed by atoms with Gasteiger partial charge in [-0.15, -0.1) is 0 Å². The minimum Gasteiger partial charge on any atom is -0.497 e. The molecule has 0 unspecified atom stereocenters. The Hall–Kier alpha value is -1.11. The zero-order chi connectivity index (χ0) is 16.3. The first-order chi connectivity index (χ1) is 11.1. The van der Waals surface area contributed by atoms with Crippen molar-refractivity contribution in [1.29, 1.82) is 0 Å². The zero-order valence-corrected chi connectivity index (χ0v) is 14.6. The van der Waals surface area contributed by atoms with Crippen molar-refractivity contribution in [1.82, 2.24) is 8.61 Å². The van der Waals surface area contributed by atoms with E-state index in [0.717, 1.165) is 49.8 Å². The van der Waals surface area contributed by atoms with Gasteiger partial charge in [-0.05, 0) is 43.4 Å². The molecule has 128 valence electrons. The fraction of sp³-hybridized carbons (Fsp3) is 0.647. The van der Waals surface area contributed by atoms with Crippen molar-refractivity contribution >= 4 is 10.2 Å². The van der Waals surface area contributed by atoms with Gasteiger partial charge in [-0.2, -0.15) is 17.0 Å². The van der Waals surface area contributed by atoms with E-state index < -0.39 is 10.2 Å². The summed E-state index contributed by atoms with van der Waals surface area (Å²) in [5.41, 5.74) is 1.03. The predicted molar refractivity (Wildman–Crippen MR) is 90.6 cm³/mol. The third kappa shape index (κ3) is 3.54. The summed E-state index contributed by atoms with van der Waals surface area (Å²) in [6.07, 6.45) is 5.99. The largest absolute Gasteiger partial charge is 0.497 e. The number of benzene rings is 1. The van der Waals surface area contributed by atoms with Gasteiger partial charge < -0.3 is 4.74 Å². The van der Waals surface area contributed by atoms with Crippen LogP contribution in [0, 0.1) is 0 Å². The normalized spacial score (nSPS) is 24.5. The first-order valence-electron chi connectivity index (χ1n) is 8.54. The molecule has 1 aromatic rings. The van der Waals surface area contributed by atoms with E-state index in [0.29, 0.717) is 19.6 Å². The third-order valence-corrected chi connectivity index (χ3v) is 6.92. The molecule has 5 nitrogen and oxygen atoms in total. The fourth-order valence-corrected chi connectivity index (χ4v) is 5.54. The Labute approximate surface area is 139 Å². The summed E-state index contributed by atoms with van der Waals surface area (Å²) in [6, 6.07) is 7.72. The highest BCUT2D eigenvalue weighted by atomic mass is 32.2. The Morgan fingerprint density at radius 2 is 1.78 bits per heavy atom. The molecule has 0 aliphatic carbocycles. The molecule has 2 heterocycles. The first-order valence-corrected chi connectivity index (χ1v) is 9.93. The van der Waals surface area contributed by atoms with Gasteiger partial charge in [0.2, 0.25) is 0 Å². The van der Waals surface area contributed by atoms with Gasteiger partial charge in [0.25, 0.3) is 10.2 Å². The van der Waals surface area contributed by atoms with Crippen LogP contribution in [0.1, 0.15) is 50.1 Å². The predicted octanol–water partition coefficient (Wildman–Crippen LogP) is 2.95. The number of ether oxygens (including phenoxy) is 1. The van der Waals surface area contributed by atoms with Crippen molar-refractivity contribution in [2.75, 3.05) is 26.7 Å². The fourth-order valence-electron chi connectivity index (χ4n) is 3.62. The summed E-state index contributed by atoms with van der Waals surface area (Å²) in [7, 11) is -1.74. The molecular weight excluding hydrogens is 312 g/mol. The van der Waals surface area contributed by atoms with E-state index in [1.165, 1.54) is 0 Å². The topological polar surface area (TPSA) is 49.9 Å². The summed E-state index contributed by atoms with van der Waals surface area (Å²) in [6.45, 7) is 1.92. The van der Waals surface area contributed by atoms with Gasteiger partial charge in [-0.25, -0.2) is 0 Å². The van der Waals surface area contributed by atoms with Gasteiger partial charge in [0.1, 0.15) is 5.75 Å². The summed E-state index contributed by atoms with van der Waals surface area (Å²) in [4.78, 5) is 0. The molecule has 0 spiro atoms. The standard InChI is InChI=1S/C17H26N2O3S/c1-22-16-9-6-8-15(14-16)17-10-7-13-19(17)23(20,21)18-11-4-2-3-5-12-18/h6,8-9,14,17H,2-5,7,10-13H2,1H3/t17-/m1/s1. The number of hydrogen-bond donors (Lipinski definition) is 0. The number of hydrogen-bond acceptors (Lipinski definition) is 3. The highest BCUT2D eigenvalue weighted by Gasteiger charge is 2.38. The lowest BCUT2D eigenvalue weighted by atomic mass is 10.1. The van der Waals surface area contributed by atoms with Gasteiger partial charge in [0.05, 0.1) is 13.2 Å². The average molecular weight is 338 g/mol. The molecule has 0 aromatic heterocycles. The van der Waals surface area contributed by atoms with Crippen LogP contribution in [-0.2, 0) is 10.2 Å². The minimum absolute atomic E-state index is 0.0710. The smallest absolute Gasteiger partial charge is 0.282 e. The van der Waals surface area contributed by atoms with Crippen molar-refractivity contribution in [3.63, 3.8) is 0 Å². The molecule has 6 heteroatoms. The van der Waals surface area contributed by atoms with Crippen LogP contribution in [0.5, 0.6) is 5.75 Å². The molecule has 1 aromatic carbocycles. The maximum Gasteiger partial charge on any atom is 0.282 e. The second-order valence-electron chi connectivity index (χ2n) is 6.37. The SMILES string of the molecule is COc1cccc([C@H]2CCCN2S(=O)(=O)N2CCCCCC2)c1. The second kappa shape index (κ2) is 7.20. The molecule has 2 saturated heterocycles. The number of methoxy groups -OCH3 is 1. The van der Waals surface area contributed by atoms with Crippen LogP contribution in [-0.4, -0.2) is 43.8 Å². The molecule has 1 atom stereocenters. The molecule has 3 rings (SSSR count). The molecule has 0 saturated carbocycles. The van der Waals surface area contributed by atoms with Gasteiger partial charge in [0.15, 0.2) is 0 Å². The summed E-state index contributed by atoms with van der Waals surface area (Å²) >= 11 is 0. The first kappa shape index (κ1) is 16.7. The van der Waals surface area contributed by atoms with Crippen LogP contribution >= 0.6 is 0 Å². The Bertz CT molecular complexity index is 624. The van der Waals surface area contributed by atoms with E-state index in [2.05, 4.69) is 0 Å². The Kier molecular flexibility index (Phi) is 5.24. The van der Waals surface area contributed by atoms with Crippen LogP contribution < -0.4 is 4.74 Å². The lowest BCUT2D eigenvalue weighted by molar-refractivity contribution is 0.330. The van der Waals surface area contributed by atoms with Crippen molar-refractivity contribution in [2.45, 2.75) is 44.6 Å². The molecule has 23 heavy (non-hydrogen) atoms. The molecule has 0 bridgehead atoms. The van der Waals surface area contributed by atoms with E-state index >= 15 is 0 Å². The maximum atomic E-state index is 13.1. The molecule has 2 fully saturated rings. The van der Waals surface area contributed by atoms with Gasteiger partial charge in [-0.3, -0.25) is 0 Å². The molecule has 2 aliphatic heterocycles. The molecule has 0 N–H and O–H groups in total. The number of rotatable bonds is 4. The zero-order valence-electron chi connectivity index (χ0n) is 13.8. The molecular formula is C17H26N2O3S. The van der Waals surface area contributed by atoms with Gasteiger partial charge in [-0.1, -0.05) is 25.0 Å². The van der Waals surface area contributed by atoms with Gasteiger partial charge >= 0.3 is 0 Å². The quantitative estimate of drug-likeness (QED) is 0.848. The van der Waals surface area contributed by atoms with Crippen LogP contribution in [0.15, 0.2) is 24.3 Å². The summed E-state index contributed by atoms with van der Waals surface area (Å²) in [5.74, 6) is 0.779. The monoisotopic (exact) mass is 338 g/mol. The lowest BCUT2D eigenvalue weighted by Gasteiger charge is -2.30. The van der Waals surface area contributed by atoms with E-state index in [4.69, 9.17) is 4.74 Å². The van der Waals surface area contributed by atoms with E-state index in [9.17, 15) is 8.42 Å². The Morgan fingerprint density at radius 3 is 2.48 bits per heavy atom. The average Bonchev–Trinajstić information content (AvgIpc) is 2.90. The third-order valence-electron chi connectivity index (χ3n) is 4.87. The Balaban J connectivity index is 1.85. The minimum atomic E-state index is -3.38. The Morgan fingerprint density at radius 1 is 1.04 bits per heavy atom. The summed E-state index contributed by atoms with van der Waals surface area (Å²) < 4.78 is 34.9. The summed E-state index contributed by atoms with van der Waals surface area (Å²) in [5, 5.41) is 0. The highest BCUT2D eigenvalue weighted by molar-refractivity contribution is 7.86. The van der Waals surface area contributed by atoms with Crippen LogP contribution in [0.2, 0.25) is 0 Å². The van der Waals surface area contributed by atoms with Crippen molar-refractivity contribution in [2.24, 2.45) is 0 Å². The lowest BCUT2D eigenvalue weighted by Crippen LogP contribution is -2.43.